The molecule has 0 unspecified atom stereocenters. The van der Waals surface area contributed by atoms with E-state index in [4.69, 9.17) is 4.74 Å². The zero-order valence-corrected chi connectivity index (χ0v) is 16.3. The van der Waals surface area contributed by atoms with Gasteiger partial charge in [0.2, 0.25) is 5.13 Å². The van der Waals surface area contributed by atoms with Crippen LogP contribution in [0.4, 0.5) is 9.52 Å². The number of esters is 1. The zero-order valence-electron chi connectivity index (χ0n) is 14.7. The molecule has 0 aliphatic heterocycles. The molecule has 0 spiro atoms. The van der Waals surface area contributed by atoms with Crippen LogP contribution in [0.5, 0.6) is 0 Å². The maximum atomic E-state index is 13.7. The van der Waals surface area contributed by atoms with E-state index in [0.717, 1.165) is 17.4 Å². The van der Waals surface area contributed by atoms with Crippen molar-refractivity contribution in [3.8, 4) is 0 Å². The van der Waals surface area contributed by atoms with Crippen LogP contribution >= 0.6 is 11.3 Å². The molecule has 0 saturated heterocycles. The predicted molar refractivity (Wildman–Crippen MR) is 96.6 cm³/mol. The highest BCUT2D eigenvalue weighted by molar-refractivity contribution is 7.93. The highest BCUT2D eigenvalue weighted by Gasteiger charge is 2.41. The van der Waals surface area contributed by atoms with Gasteiger partial charge in [-0.05, 0) is 51.3 Å². The first kappa shape index (κ1) is 18.8. The van der Waals surface area contributed by atoms with Crippen LogP contribution in [0.1, 0.15) is 40.7 Å². The fourth-order valence-electron chi connectivity index (χ4n) is 2.58. The summed E-state index contributed by atoms with van der Waals surface area (Å²) in [5.41, 5.74) is 0.871. The van der Waals surface area contributed by atoms with Crippen LogP contribution in [0.2, 0.25) is 0 Å². The van der Waals surface area contributed by atoms with E-state index in [0.29, 0.717) is 24.1 Å². The number of halogens is 1. The fourth-order valence-corrected chi connectivity index (χ4v) is 5.73. The summed E-state index contributed by atoms with van der Waals surface area (Å²) in [4.78, 5) is 16.5. The van der Waals surface area contributed by atoms with E-state index in [9.17, 15) is 17.6 Å². The van der Waals surface area contributed by atoms with E-state index in [1.165, 1.54) is 16.4 Å². The van der Waals surface area contributed by atoms with Crippen LogP contribution in [0.25, 0.3) is 0 Å². The first-order valence-electron chi connectivity index (χ1n) is 8.20. The minimum atomic E-state index is -4.00. The number of nitrogens with zero attached hydrogens (tertiary/aromatic N) is 2. The lowest BCUT2D eigenvalue weighted by Gasteiger charge is -2.22. The molecule has 1 fully saturated rings. The minimum Gasteiger partial charge on any atom is -0.462 e. The fraction of sp³-hybridized carbons (Fsp3) is 0.412. The Kier molecular flexibility index (Phi) is 5.03. The van der Waals surface area contributed by atoms with Crippen LogP contribution in [-0.4, -0.2) is 32.0 Å². The van der Waals surface area contributed by atoms with Gasteiger partial charge in [0.25, 0.3) is 10.0 Å². The topological polar surface area (TPSA) is 76.6 Å². The number of thiazole rings is 1. The van der Waals surface area contributed by atoms with E-state index in [1.54, 1.807) is 20.8 Å². The van der Waals surface area contributed by atoms with Crippen LogP contribution in [-0.2, 0) is 14.8 Å². The molecule has 9 heteroatoms. The van der Waals surface area contributed by atoms with Gasteiger partial charge in [0.15, 0.2) is 0 Å². The highest BCUT2D eigenvalue weighted by Crippen LogP contribution is 2.40. The second-order valence-electron chi connectivity index (χ2n) is 6.07. The third-order valence-electron chi connectivity index (χ3n) is 4.00. The molecule has 1 saturated carbocycles. The van der Waals surface area contributed by atoms with Gasteiger partial charge in [-0.25, -0.2) is 26.9 Å². The summed E-state index contributed by atoms with van der Waals surface area (Å²) in [5, 5.41) is 0.205. The summed E-state index contributed by atoms with van der Waals surface area (Å²) in [6.45, 7) is 5.17. The van der Waals surface area contributed by atoms with Gasteiger partial charge in [0, 0.05) is 6.04 Å². The number of sulfonamides is 1. The molecule has 3 rings (SSSR count). The summed E-state index contributed by atoms with van der Waals surface area (Å²) in [6.07, 6.45) is 1.39. The molecule has 140 valence electrons. The van der Waals surface area contributed by atoms with E-state index in [2.05, 4.69) is 4.98 Å². The molecular formula is C17H19FN2O4S2. The summed E-state index contributed by atoms with van der Waals surface area (Å²) in [6, 6.07) is 3.45. The molecule has 0 N–H and O–H groups in total. The molecular weight excluding hydrogens is 379 g/mol. The number of aromatic nitrogens is 1. The number of carbonyl (C=O) groups is 1. The van der Waals surface area contributed by atoms with Crippen LogP contribution in [0.15, 0.2) is 23.1 Å². The number of carbonyl (C=O) groups excluding carboxylic acids is 1. The normalized spacial score (nSPS) is 14.3. The van der Waals surface area contributed by atoms with Gasteiger partial charge in [-0.2, -0.15) is 0 Å². The minimum absolute atomic E-state index is 0.0880. The first-order valence-corrected chi connectivity index (χ1v) is 10.5. The predicted octanol–water partition coefficient (Wildman–Crippen LogP) is 3.43. The van der Waals surface area contributed by atoms with Crippen molar-refractivity contribution >= 4 is 32.5 Å². The van der Waals surface area contributed by atoms with Gasteiger partial charge in [-0.3, -0.25) is 0 Å². The lowest BCUT2D eigenvalue weighted by molar-refractivity contribution is 0.0531. The monoisotopic (exact) mass is 398 g/mol. The molecule has 1 aromatic carbocycles. The van der Waals surface area contributed by atoms with Crippen molar-refractivity contribution in [2.75, 3.05) is 10.9 Å². The van der Waals surface area contributed by atoms with E-state index in [-0.39, 0.29) is 27.6 Å². The molecule has 26 heavy (non-hydrogen) atoms. The number of rotatable bonds is 6. The summed E-state index contributed by atoms with van der Waals surface area (Å²) < 4.78 is 46.3. The zero-order chi connectivity index (χ0) is 19.1. The third-order valence-corrected chi connectivity index (χ3v) is 7.24. The number of anilines is 1. The number of hydrogen-bond acceptors (Lipinski definition) is 6. The highest BCUT2D eigenvalue weighted by atomic mass is 32.2. The molecule has 2 aromatic rings. The summed E-state index contributed by atoms with van der Waals surface area (Å²) >= 11 is 0.983. The van der Waals surface area contributed by atoms with Gasteiger partial charge in [-0.15, -0.1) is 0 Å². The van der Waals surface area contributed by atoms with Crippen LogP contribution in [0.3, 0.4) is 0 Å². The Hall–Kier alpha value is -2.00. The van der Waals surface area contributed by atoms with Crippen molar-refractivity contribution in [2.24, 2.45) is 0 Å². The molecule has 0 radical (unpaired) electrons. The Morgan fingerprint density at radius 2 is 2.08 bits per heavy atom. The lowest BCUT2D eigenvalue weighted by atomic mass is 10.2. The molecule has 0 amide bonds. The maximum absolute atomic E-state index is 13.7. The summed E-state index contributed by atoms with van der Waals surface area (Å²) in [5.74, 6) is -1.14. The van der Waals surface area contributed by atoms with Crippen molar-refractivity contribution in [3.05, 3.63) is 40.2 Å². The van der Waals surface area contributed by atoms with Crippen molar-refractivity contribution in [3.63, 3.8) is 0 Å². The molecule has 1 aliphatic rings. The maximum Gasteiger partial charge on any atom is 0.350 e. The van der Waals surface area contributed by atoms with Gasteiger partial charge >= 0.3 is 5.97 Å². The Balaban J connectivity index is 2.07. The van der Waals surface area contributed by atoms with Gasteiger partial charge in [0.05, 0.1) is 17.2 Å². The Morgan fingerprint density at radius 3 is 2.69 bits per heavy atom. The smallest absolute Gasteiger partial charge is 0.350 e. The molecule has 1 aliphatic carbocycles. The quantitative estimate of drug-likeness (QED) is 0.697. The average Bonchev–Trinajstić information content (AvgIpc) is 3.31. The molecule has 1 aromatic heterocycles. The largest absolute Gasteiger partial charge is 0.462 e. The molecule has 0 atom stereocenters. The molecule has 0 bridgehead atoms. The van der Waals surface area contributed by atoms with Gasteiger partial charge < -0.3 is 4.74 Å². The van der Waals surface area contributed by atoms with E-state index in [1.807, 2.05) is 0 Å². The van der Waals surface area contributed by atoms with Gasteiger partial charge in [0.1, 0.15) is 10.7 Å². The van der Waals surface area contributed by atoms with Crippen LogP contribution < -0.4 is 4.31 Å². The number of hydrogen-bond donors (Lipinski definition) is 0. The lowest BCUT2D eigenvalue weighted by Crippen LogP contribution is -2.33. The van der Waals surface area contributed by atoms with Crippen LogP contribution in [0, 0.1) is 19.7 Å². The second kappa shape index (κ2) is 6.96. The second-order valence-corrected chi connectivity index (χ2v) is 8.83. The summed E-state index contributed by atoms with van der Waals surface area (Å²) in [7, 11) is -4.00. The molecule has 6 nitrogen and oxygen atoms in total. The van der Waals surface area contributed by atoms with E-state index < -0.39 is 21.8 Å². The van der Waals surface area contributed by atoms with Crippen molar-refractivity contribution < 1.29 is 22.3 Å². The van der Waals surface area contributed by atoms with E-state index >= 15 is 0 Å². The molecule has 1 heterocycles. The average molecular weight is 398 g/mol. The van der Waals surface area contributed by atoms with Crippen molar-refractivity contribution in [1.82, 2.24) is 4.98 Å². The third kappa shape index (κ3) is 3.45. The number of benzene rings is 1. The Labute approximate surface area is 155 Å². The SMILES string of the molecule is CCOC(=O)c1sc(N(C2CC2)S(=O)(=O)c2cc(F)ccc2C)nc1C. The van der Waals surface area contributed by atoms with Gasteiger partial charge in [-0.1, -0.05) is 17.4 Å². The first-order chi connectivity index (χ1) is 12.3. The van der Waals surface area contributed by atoms with Crippen molar-refractivity contribution in [2.45, 2.75) is 44.6 Å². The van der Waals surface area contributed by atoms with Crippen molar-refractivity contribution in [1.29, 1.82) is 0 Å². The standard InChI is InChI=1S/C17H19FN2O4S2/c1-4-24-16(21)15-11(3)19-17(25-15)20(13-7-8-13)26(22,23)14-9-12(18)6-5-10(14)2/h5-6,9,13H,4,7-8H2,1-3H3. The Bertz CT molecular complexity index is 952. The number of aryl methyl sites for hydroxylation is 2. The Morgan fingerprint density at radius 1 is 1.38 bits per heavy atom. The number of ether oxygens (including phenoxy) is 1.